The summed E-state index contributed by atoms with van der Waals surface area (Å²) in [6.45, 7) is 2.03. The van der Waals surface area contributed by atoms with Crippen molar-refractivity contribution in [3.63, 3.8) is 0 Å². The van der Waals surface area contributed by atoms with E-state index in [0.717, 1.165) is 11.6 Å². The number of hydrogen-bond acceptors (Lipinski definition) is 1. The molecule has 0 spiro atoms. The molecule has 20 heavy (non-hydrogen) atoms. The molecule has 0 bridgehead atoms. The second kappa shape index (κ2) is 6.62. The fraction of sp³-hybridized carbons (Fsp3) is 0.294. The van der Waals surface area contributed by atoms with Gasteiger partial charge in [0.15, 0.2) is 0 Å². The lowest BCUT2D eigenvalue weighted by molar-refractivity contribution is 0.156. The Morgan fingerprint density at radius 1 is 1.05 bits per heavy atom. The number of benzene rings is 2. The SMILES string of the molecule is CC(CC(O)Cc1ccc(F)cc1F)c1ccccc1. The molecule has 0 radical (unpaired) electrons. The van der Waals surface area contributed by atoms with E-state index in [9.17, 15) is 13.9 Å². The molecule has 0 saturated carbocycles. The summed E-state index contributed by atoms with van der Waals surface area (Å²) in [4.78, 5) is 0. The van der Waals surface area contributed by atoms with Gasteiger partial charge in [-0.3, -0.25) is 0 Å². The highest BCUT2D eigenvalue weighted by Crippen LogP contribution is 2.22. The predicted octanol–water partition coefficient (Wildman–Crippen LogP) is 4.06. The van der Waals surface area contributed by atoms with Crippen LogP contribution in [0.3, 0.4) is 0 Å². The minimum absolute atomic E-state index is 0.190. The molecule has 0 heterocycles. The minimum atomic E-state index is -0.648. The van der Waals surface area contributed by atoms with Gasteiger partial charge in [0, 0.05) is 12.5 Å². The number of aliphatic hydroxyl groups excluding tert-OH is 1. The lowest BCUT2D eigenvalue weighted by atomic mass is 9.92. The summed E-state index contributed by atoms with van der Waals surface area (Å²) in [6, 6.07) is 13.3. The summed E-state index contributed by atoms with van der Waals surface area (Å²) >= 11 is 0. The molecule has 0 amide bonds. The van der Waals surface area contributed by atoms with E-state index < -0.39 is 17.7 Å². The van der Waals surface area contributed by atoms with Crippen LogP contribution in [-0.4, -0.2) is 11.2 Å². The third kappa shape index (κ3) is 3.87. The zero-order valence-electron chi connectivity index (χ0n) is 11.4. The third-order valence-electron chi connectivity index (χ3n) is 3.46. The second-order valence-corrected chi connectivity index (χ2v) is 5.14. The predicted molar refractivity (Wildman–Crippen MR) is 75.5 cm³/mol. The highest BCUT2D eigenvalue weighted by molar-refractivity contribution is 5.21. The number of aliphatic hydroxyl groups is 1. The zero-order chi connectivity index (χ0) is 14.5. The van der Waals surface area contributed by atoms with E-state index >= 15 is 0 Å². The Labute approximate surface area is 117 Å². The van der Waals surface area contributed by atoms with Crippen LogP contribution in [-0.2, 0) is 6.42 Å². The van der Waals surface area contributed by atoms with Gasteiger partial charge >= 0.3 is 0 Å². The van der Waals surface area contributed by atoms with E-state index in [0.29, 0.717) is 12.0 Å². The third-order valence-corrected chi connectivity index (χ3v) is 3.46. The molecule has 2 aromatic carbocycles. The van der Waals surface area contributed by atoms with Gasteiger partial charge in [0.2, 0.25) is 0 Å². The average Bonchev–Trinajstić information content (AvgIpc) is 2.43. The van der Waals surface area contributed by atoms with E-state index in [4.69, 9.17) is 0 Å². The molecule has 2 atom stereocenters. The lowest BCUT2D eigenvalue weighted by Crippen LogP contribution is -2.15. The first-order valence-corrected chi connectivity index (χ1v) is 6.73. The Kier molecular flexibility index (Phi) is 4.85. The normalized spacial score (nSPS) is 14.0. The summed E-state index contributed by atoms with van der Waals surface area (Å²) < 4.78 is 26.3. The maximum atomic E-state index is 13.5. The Balaban J connectivity index is 1.97. The molecule has 2 rings (SSSR count). The molecule has 3 heteroatoms. The number of rotatable bonds is 5. The van der Waals surface area contributed by atoms with Crippen molar-refractivity contribution >= 4 is 0 Å². The molecule has 1 N–H and O–H groups in total. The van der Waals surface area contributed by atoms with E-state index in [1.807, 2.05) is 37.3 Å². The van der Waals surface area contributed by atoms with Gasteiger partial charge in [-0.05, 0) is 29.5 Å². The molecule has 0 aliphatic rings. The van der Waals surface area contributed by atoms with Gasteiger partial charge in [0.1, 0.15) is 11.6 Å². The van der Waals surface area contributed by atoms with Crippen LogP contribution in [0.15, 0.2) is 48.5 Å². The van der Waals surface area contributed by atoms with Crippen molar-refractivity contribution in [1.82, 2.24) is 0 Å². The number of hydrogen-bond donors (Lipinski definition) is 1. The number of halogens is 2. The zero-order valence-corrected chi connectivity index (χ0v) is 11.4. The van der Waals surface area contributed by atoms with Crippen LogP contribution in [0.25, 0.3) is 0 Å². The molecule has 2 aromatic rings. The molecule has 0 aliphatic heterocycles. The molecule has 1 nitrogen and oxygen atoms in total. The van der Waals surface area contributed by atoms with Crippen LogP contribution in [0, 0.1) is 11.6 Å². The Morgan fingerprint density at radius 2 is 1.75 bits per heavy atom. The van der Waals surface area contributed by atoms with Crippen LogP contribution in [0.1, 0.15) is 30.4 Å². The Hall–Kier alpha value is -1.74. The molecule has 106 valence electrons. The summed E-state index contributed by atoms with van der Waals surface area (Å²) in [7, 11) is 0. The van der Waals surface area contributed by atoms with Gasteiger partial charge in [0.25, 0.3) is 0 Å². The maximum absolute atomic E-state index is 13.5. The van der Waals surface area contributed by atoms with E-state index in [2.05, 4.69) is 0 Å². The minimum Gasteiger partial charge on any atom is -0.393 e. The molecule has 2 unspecified atom stereocenters. The van der Waals surface area contributed by atoms with E-state index in [1.54, 1.807) is 0 Å². The van der Waals surface area contributed by atoms with Crippen molar-refractivity contribution in [2.45, 2.75) is 31.8 Å². The fourth-order valence-corrected chi connectivity index (χ4v) is 2.35. The Bertz CT molecular complexity index is 554. The first-order chi connectivity index (χ1) is 9.56. The van der Waals surface area contributed by atoms with Crippen molar-refractivity contribution in [3.05, 3.63) is 71.3 Å². The molecule has 0 aromatic heterocycles. The standard InChI is InChI=1S/C17H18F2O/c1-12(13-5-3-2-4-6-13)9-16(20)10-14-7-8-15(18)11-17(14)19/h2-8,11-12,16,20H,9-10H2,1H3. The second-order valence-electron chi connectivity index (χ2n) is 5.14. The van der Waals surface area contributed by atoms with Crippen LogP contribution < -0.4 is 0 Å². The van der Waals surface area contributed by atoms with E-state index in [1.165, 1.54) is 12.1 Å². The van der Waals surface area contributed by atoms with Crippen LogP contribution in [0.5, 0.6) is 0 Å². The summed E-state index contributed by atoms with van der Waals surface area (Å²) in [6.07, 6.45) is 0.0922. The quantitative estimate of drug-likeness (QED) is 0.873. The van der Waals surface area contributed by atoms with E-state index in [-0.39, 0.29) is 12.3 Å². The van der Waals surface area contributed by atoms with Crippen molar-refractivity contribution in [2.75, 3.05) is 0 Å². The van der Waals surface area contributed by atoms with Crippen molar-refractivity contribution < 1.29 is 13.9 Å². The molecular weight excluding hydrogens is 258 g/mol. The molecule has 0 fully saturated rings. The molecular formula is C17H18F2O. The summed E-state index contributed by atoms with van der Waals surface area (Å²) in [5.41, 5.74) is 1.49. The van der Waals surface area contributed by atoms with Gasteiger partial charge in [-0.2, -0.15) is 0 Å². The summed E-state index contributed by atoms with van der Waals surface area (Å²) in [5.74, 6) is -1.01. The fourth-order valence-electron chi connectivity index (χ4n) is 2.35. The van der Waals surface area contributed by atoms with Gasteiger partial charge in [-0.1, -0.05) is 43.3 Å². The highest BCUT2D eigenvalue weighted by atomic mass is 19.1. The van der Waals surface area contributed by atoms with Gasteiger partial charge < -0.3 is 5.11 Å². The lowest BCUT2D eigenvalue weighted by Gasteiger charge is -2.17. The van der Waals surface area contributed by atoms with Crippen molar-refractivity contribution in [1.29, 1.82) is 0 Å². The molecule has 0 saturated heterocycles. The highest BCUT2D eigenvalue weighted by Gasteiger charge is 2.14. The topological polar surface area (TPSA) is 20.2 Å². The van der Waals surface area contributed by atoms with Crippen LogP contribution in [0.4, 0.5) is 8.78 Å². The maximum Gasteiger partial charge on any atom is 0.129 e. The smallest absolute Gasteiger partial charge is 0.129 e. The van der Waals surface area contributed by atoms with Gasteiger partial charge in [-0.25, -0.2) is 8.78 Å². The average molecular weight is 276 g/mol. The van der Waals surface area contributed by atoms with Gasteiger partial charge in [-0.15, -0.1) is 0 Å². The van der Waals surface area contributed by atoms with Crippen LogP contribution >= 0.6 is 0 Å². The van der Waals surface area contributed by atoms with Gasteiger partial charge in [0.05, 0.1) is 6.10 Å². The Morgan fingerprint density at radius 3 is 2.40 bits per heavy atom. The van der Waals surface area contributed by atoms with Crippen LogP contribution in [0.2, 0.25) is 0 Å². The van der Waals surface area contributed by atoms with Crippen molar-refractivity contribution in [2.24, 2.45) is 0 Å². The largest absolute Gasteiger partial charge is 0.393 e. The first-order valence-electron chi connectivity index (χ1n) is 6.73. The van der Waals surface area contributed by atoms with Crippen molar-refractivity contribution in [3.8, 4) is 0 Å². The monoisotopic (exact) mass is 276 g/mol. The first kappa shape index (κ1) is 14.7. The molecule has 0 aliphatic carbocycles. The summed E-state index contributed by atoms with van der Waals surface area (Å²) in [5, 5.41) is 10.1.